The Morgan fingerprint density at radius 1 is 1.07 bits per heavy atom. The van der Waals surface area contributed by atoms with Gasteiger partial charge in [0, 0.05) is 37.5 Å². The summed E-state index contributed by atoms with van der Waals surface area (Å²) in [7, 11) is 2.10. The Kier molecular flexibility index (Phi) is 5.89. The first-order valence-corrected chi connectivity index (χ1v) is 10.7. The minimum atomic E-state index is 0.264. The second kappa shape index (κ2) is 8.72. The molecule has 0 fully saturated rings. The largest absolute Gasteiger partial charge is 0.338 e. The molecule has 0 bridgehead atoms. The number of hydrogen-bond acceptors (Lipinski definition) is 3. The van der Waals surface area contributed by atoms with Crippen LogP contribution in [-0.2, 0) is 24.3 Å². The average Bonchev–Trinajstić information content (AvgIpc) is 3.21. The summed E-state index contributed by atoms with van der Waals surface area (Å²) in [4.78, 5) is 18.4. The molecule has 4 heteroatoms. The number of carbonyl (C=O) groups is 1. The fourth-order valence-electron chi connectivity index (χ4n) is 3.83. The Morgan fingerprint density at radius 3 is 2.71 bits per heavy atom. The molecule has 1 aliphatic heterocycles. The molecule has 0 aliphatic carbocycles. The van der Waals surface area contributed by atoms with Crippen molar-refractivity contribution >= 4 is 17.2 Å². The third-order valence-corrected chi connectivity index (χ3v) is 6.43. The van der Waals surface area contributed by atoms with Gasteiger partial charge < -0.3 is 9.80 Å². The van der Waals surface area contributed by atoms with Crippen molar-refractivity contribution in [2.24, 2.45) is 0 Å². The van der Waals surface area contributed by atoms with Crippen LogP contribution in [0.4, 0.5) is 0 Å². The highest BCUT2D eigenvalue weighted by Gasteiger charge is 2.21. The van der Waals surface area contributed by atoms with Gasteiger partial charge in [0.2, 0.25) is 5.91 Å². The molecule has 0 radical (unpaired) electrons. The first kappa shape index (κ1) is 18.9. The maximum atomic E-state index is 12.7. The van der Waals surface area contributed by atoms with Gasteiger partial charge in [0.15, 0.2) is 0 Å². The number of amides is 1. The predicted octanol–water partition coefficient (Wildman–Crippen LogP) is 4.82. The second-order valence-corrected chi connectivity index (χ2v) is 8.45. The van der Waals surface area contributed by atoms with Gasteiger partial charge in [-0.2, -0.15) is 0 Å². The van der Waals surface area contributed by atoms with Gasteiger partial charge in [0.05, 0.1) is 0 Å². The summed E-state index contributed by atoms with van der Waals surface area (Å²) in [5.74, 6) is 0.264. The molecule has 2 heterocycles. The summed E-state index contributed by atoms with van der Waals surface area (Å²) in [6, 6.07) is 21.2. The van der Waals surface area contributed by atoms with Crippen LogP contribution < -0.4 is 0 Å². The Labute approximate surface area is 171 Å². The van der Waals surface area contributed by atoms with E-state index in [2.05, 4.69) is 71.9 Å². The zero-order valence-electron chi connectivity index (χ0n) is 16.3. The lowest BCUT2D eigenvalue weighted by Crippen LogP contribution is -2.37. The van der Waals surface area contributed by atoms with Gasteiger partial charge in [-0.25, -0.2) is 0 Å². The van der Waals surface area contributed by atoms with E-state index >= 15 is 0 Å². The van der Waals surface area contributed by atoms with Crippen molar-refractivity contribution in [3.05, 3.63) is 82.0 Å². The molecule has 2 aromatic carbocycles. The number of benzene rings is 2. The van der Waals surface area contributed by atoms with Crippen molar-refractivity contribution in [2.45, 2.75) is 25.9 Å². The zero-order valence-corrected chi connectivity index (χ0v) is 17.1. The summed E-state index contributed by atoms with van der Waals surface area (Å²) in [5.41, 5.74) is 5.13. The molecule has 0 saturated carbocycles. The van der Waals surface area contributed by atoms with Crippen LogP contribution in [0.2, 0.25) is 0 Å². The zero-order chi connectivity index (χ0) is 19.3. The first-order chi connectivity index (χ1) is 13.7. The number of fused-ring (bicyclic) bond motifs is 1. The van der Waals surface area contributed by atoms with Crippen molar-refractivity contribution in [3.8, 4) is 11.1 Å². The van der Waals surface area contributed by atoms with E-state index in [-0.39, 0.29) is 5.91 Å². The number of hydrogen-bond donors (Lipinski definition) is 0. The summed E-state index contributed by atoms with van der Waals surface area (Å²) in [6.45, 7) is 3.24. The second-order valence-electron chi connectivity index (χ2n) is 7.45. The summed E-state index contributed by atoms with van der Waals surface area (Å²) < 4.78 is 0. The lowest BCUT2D eigenvalue weighted by molar-refractivity contribution is -0.132. The van der Waals surface area contributed by atoms with Crippen LogP contribution in [0.1, 0.15) is 22.4 Å². The lowest BCUT2D eigenvalue weighted by Gasteiger charge is -2.28. The van der Waals surface area contributed by atoms with Gasteiger partial charge in [-0.05, 0) is 47.2 Å². The maximum Gasteiger partial charge on any atom is 0.224 e. The monoisotopic (exact) mass is 390 g/mol. The van der Waals surface area contributed by atoms with Crippen LogP contribution in [0.15, 0.2) is 66.0 Å². The highest BCUT2D eigenvalue weighted by atomic mass is 32.1. The molecule has 144 valence electrons. The molecule has 0 spiro atoms. The highest BCUT2D eigenvalue weighted by molar-refractivity contribution is 7.10. The third kappa shape index (κ3) is 4.34. The molecule has 1 aromatic heterocycles. The van der Waals surface area contributed by atoms with Gasteiger partial charge in [0.1, 0.15) is 0 Å². The van der Waals surface area contributed by atoms with Crippen molar-refractivity contribution < 1.29 is 4.79 Å². The third-order valence-electron chi connectivity index (χ3n) is 5.41. The standard InChI is InChI=1S/C24H26N2OS/c1-25(14-12-24(27)26-15-11-23-21(18-26)13-16-28-23)17-20-9-5-6-10-22(20)19-7-3-2-4-8-19/h2-10,13,16H,11-12,14-15,17-18H2,1H3. The smallest absolute Gasteiger partial charge is 0.224 e. The van der Waals surface area contributed by atoms with Gasteiger partial charge in [-0.1, -0.05) is 54.6 Å². The van der Waals surface area contributed by atoms with E-state index in [1.54, 1.807) is 0 Å². The fraction of sp³-hybridized carbons (Fsp3) is 0.292. The fourth-order valence-corrected chi connectivity index (χ4v) is 4.72. The van der Waals surface area contributed by atoms with Crippen LogP contribution in [0.3, 0.4) is 0 Å². The molecular weight excluding hydrogens is 364 g/mol. The minimum Gasteiger partial charge on any atom is -0.338 e. The number of thiophene rings is 1. The molecule has 0 unspecified atom stereocenters. The minimum absolute atomic E-state index is 0.264. The van der Waals surface area contributed by atoms with Crippen LogP contribution >= 0.6 is 11.3 Å². The quantitative estimate of drug-likeness (QED) is 0.602. The van der Waals surface area contributed by atoms with Gasteiger partial charge >= 0.3 is 0 Å². The van der Waals surface area contributed by atoms with Crippen LogP contribution in [0.25, 0.3) is 11.1 Å². The van der Waals surface area contributed by atoms with E-state index in [4.69, 9.17) is 0 Å². The number of carbonyl (C=O) groups excluding carboxylic acids is 1. The molecule has 0 N–H and O–H groups in total. The van der Waals surface area contributed by atoms with E-state index in [9.17, 15) is 4.79 Å². The number of nitrogens with zero attached hydrogens (tertiary/aromatic N) is 2. The summed E-state index contributed by atoms with van der Waals surface area (Å²) in [5, 5.41) is 2.14. The molecule has 1 aliphatic rings. The maximum absolute atomic E-state index is 12.7. The summed E-state index contributed by atoms with van der Waals surface area (Å²) >= 11 is 1.81. The number of rotatable bonds is 6. The molecule has 3 aromatic rings. The molecule has 0 saturated heterocycles. The molecule has 0 atom stereocenters. The summed E-state index contributed by atoms with van der Waals surface area (Å²) in [6.07, 6.45) is 1.57. The van der Waals surface area contributed by atoms with Crippen LogP contribution in [0.5, 0.6) is 0 Å². The Bertz CT molecular complexity index is 935. The SMILES string of the molecule is CN(CCC(=O)N1CCc2sccc2C1)Cc1ccccc1-c1ccccc1. The average molecular weight is 391 g/mol. The van der Waals surface area contributed by atoms with E-state index in [0.29, 0.717) is 6.42 Å². The normalized spacial score (nSPS) is 13.6. The molecule has 3 nitrogen and oxygen atoms in total. The Morgan fingerprint density at radius 2 is 1.86 bits per heavy atom. The van der Waals surface area contributed by atoms with Crippen molar-refractivity contribution in [1.82, 2.24) is 9.80 Å². The predicted molar refractivity (Wildman–Crippen MR) is 116 cm³/mol. The Hall–Kier alpha value is -2.43. The van der Waals surface area contributed by atoms with E-state index in [0.717, 1.165) is 32.6 Å². The molecule has 1 amide bonds. The van der Waals surface area contributed by atoms with Gasteiger partial charge in [-0.15, -0.1) is 11.3 Å². The van der Waals surface area contributed by atoms with E-state index in [1.165, 1.54) is 27.1 Å². The van der Waals surface area contributed by atoms with Crippen LogP contribution in [0, 0.1) is 0 Å². The van der Waals surface area contributed by atoms with Gasteiger partial charge in [-0.3, -0.25) is 4.79 Å². The molecule has 28 heavy (non-hydrogen) atoms. The van der Waals surface area contributed by atoms with Crippen molar-refractivity contribution in [3.63, 3.8) is 0 Å². The molecule has 4 rings (SSSR count). The van der Waals surface area contributed by atoms with E-state index in [1.807, 2.05) is 22.3 Å². The topological polar surface area (TPSA) is 23.6 Å². The van der Waals surface area contributed by atoms with Gasteiger partial charge in [0.25, 0.3) is 0 Å². The molecular formula is C24H26N2OS. The Balaban J connectivity index is 1.34. The van der Waals surface area contributed by atoms with Crippen molar-refractivity contribution in [2.75, 3.05) is 20.1 Å². The van der Waals surface area contributed by atoms with Crippen LogP contribution in [-0.4, -0.2) is 35.8 Å². The van der Waals surface area contributed by atoms with Crippen molar-refractivity contribution in [1.29, 1.82) is 0 Å². The lowest BCUT2D eigenvalue weighted by atomic mass is 9.99. The highest BCUT2D eigenvalue weighted by Crippen LogP contribution is 2.25. The van der Waals surface area contributed by atoms with E-state index < -0.39 is 0 Å². The first-order valence-electron chi connectivity index (χ1n) is 9.85.